The number of carbonyl (C=O) groups is 7. The summed E-state index contributed by atoms with van der Waals surface area (Å²) in [6, 6.07) is 0.292. The molecule has 0 unspecified atom stereocenters. The largest absolute Gasteiger partial charge is 0.481 e. The maximum Gasteiger partial charge on any atom is 0.305 e. The fraction of sp³-hybridized carbons (Fsp3) is 0.639. The third-order valence-corrected chi connectivity index (χ3v) is 8.89. The molecule has 1 aromatic rings. The Morgan fingerprint density at radius 1 is 0.846 bits per heavy atom. The fourth-order valence-corrected chi connectivity index (χ4v) is 6.52. The standard InChI is InChI=1S/C36H55N7O9/c1-19(2)16-23-30(47)39-25(18-27(45)46)32(49)41-28(21(4)44)34(51)37-20(3)29(35(52)42-36(5,6)7)43-15-11-14-26(43)33(50)40-24(31(48)38-23)17-22-12-9-8-10-13-22/h8-10,12-13,19-21,23-26,28-29,44H,11,14-18H2,1-7H3,(H,37,51)(H,38,48)(H,39,47)(H,40,50)(H,41,49)(H,42,52)(H,45,46)/t20-,21+,23-,24-,25-,26-,28-,29-/m0/s1. The summed E-state index contributed by atoms with van der Waals surface area (Å²) in [5, 5.41) is 36.1. The van der Waals surface area contributed by atoms with Crippen LogP contribution in [0.15, 0.2) is 30.3 Å². The Labute approximate surface area is 304 Å². The van der Waals surface area contributed by atoms with Crippen LogP contribution in [0.1, 0.15) is 79.7 Å². The molecule has 2 heterocycles. The molecule has 3 rings (SSSR count). The molecule has 0 aliphatic carbocycles. The van der Waals surface area contributed by atoms with Gasteiger partial charge in [-0.2, -0.15) is 0 Å². The highest BCUT2D eigenvalue weighted by molar-refractivity contribution is 5.97. The van der Waals surface area contributed by atoms with Crippen molar-refractivity contribution in [3.63, 3.8) is 0 Å². The molecule has 0 radical (unpaired) electrons. The van der Waals surface area contributed by atoms with Crippen molar-refractivity contribution in [3.8, 4) is 0 Å². The number of amides is 6. The lowest BCUT2D eigenvalue weighted by Gasteiger charge is -2.38. The number of aliphatic hydroxyl groups excluding tert-OH is 1. The number of hydrogen-bond acceptors (Lipinski definition) is 9. The van der Waals surface area contributed by atoms with Crippen LogP contribution in [0.2, 0.25) is 0 Å². The molecule has 0 bridgehead atoms. The normalized spacial score (nSPS) is 27.9. The number of benzene rings is 1. The number of aliphatic carboxylic acids is 1. The zero-order valence-corrected chi connectivity index (χ0v) is 31.0. The van der Waals surface area contributed by atoms with Crippen molar-refractivity contribution < 1.29 is 43.8 Å². The van der Waals surface area contributed by atoms with Crippen molar-refractivity contribution in [2.24, 2.45) is 5.92 Å². The summed E-state index contributed by atoms with van der Waals surface area (Å²) in [6.07, 6.45) is -1.32. The molecular formula is C36H55N7O9. The first-order valence-electron chi connectivity index (χ1n) is 17.8. The number of aliphatic hydroxyl groups is 1. The number of hydrogen-bond donors (Lipinski definition) is 8. The van der Waals surface area contributed by atoms with Gasteiger partial charge in [-0.15, -0.1) is 0 Å². The predicted octanol–water partition coefficient (Wildman–Crippen LogP) is -0.664. The van der Waals surface area contributed by atoms with E-state index in [4.69, 9.17) is 0 Å². The van der Waals surface area contributed by atoms with E-state index < -0.39 is 102 Å². The van der Waals surface area contributed by atoms with Crippen LogP contribution in [-0.2, 0) is 40.0 Å². The van der Waals surface area contributed by atoms with Crippen LogP contribution in [0.25, 0.3) is 0 Å². The summed E-state index contributed by atoms with van der Waals surface area (Å²) in [5.41, 5.74) is 0.0398. The topological polar surface area (TPSA) is 235 Å². The number of nitrogens with one attached hydrogen (secondary N) is 6. The summed E-state index contributed by atoms with van der Waals surface area (Å²) in [5.74, 6) is -6.05. The quantitative estimate of drug-likeness (QED) is 0.168. The molecule has 288 valence electrons. The Morgan fingerprint density at radius 3 is 2.00 bits per heavy atom. The van der Waals surface area contributed by atoms with Gasteiger partial charge in [-0.1, -0.05) is 44.2 Å². The zero-order valence-electron chi connectivity index (χ0n) is 31.0. The van der Waals surface area contributed by atoms with Gasteiger partial charge in [0.05, 0.1) is 24.6 Å². The molecule has 0 aromatic heterocycles. The number of fused-ring (bicyclic) bond motifs is 1. The maximum absolute atomic E-state index is 14.1. The lowest BCUT2D eigenvalue weighted by atomic mass is 9.99. The summed E-state index contributed by atoms with van der Waals surface area (Å²) >= 11 is 0. The minimum absolute atomic E-state index is 0.0618. The van der Waals surface area contributed by atoms with Gasteiger partial charge < -0.3 is 42.1 Å². The second kappa shape index (κ2) is 18.3. The Kier molecular flexibility index (Phi) is 14.7. The van der Waals surface area contributed by atoms with Crippen molar-refractivity contribution in [3.05, 3.63) is 35.9 Å². The minimum atomic E-state index is -1.70. The second-order valence-electron chi connectivity index (χ2n) is 15.2. The third kappa shape index (κ3) is 12.0. The average molecular weight is 730 g/mol. The molecule has 8 N–H and O–H groups in total. The zero-order chi connectivity index (χ0) is 38.9. The van der Waals surface area contributed by atoms with Crippen molar-refractivity contribution in [2.75, 3.05) is 6.54 Å². The average Bonchev–Trinajstić information content (AvgIpc) is 3.50. The lowest BCUT2D eigenvalue weighted by molar-refractivity contribution is -0.142. The van der Waals surface area contributed by atoms with Gasteiger partial charge >= 0.3 is 5.97 Å². The Balaban J connectivity index is 2.15. The van der Waals surface area contributed by atoms with E-state index in [9.17, 15) is 43.8 Å². The molecule has 2 aliphatic heterocycles. The van der Waals surface area contributed by atoms with Crippen LogP contribution in [0, 0.1) is 5.92 Å². The SMILES string of the molecule is CC(C)C[C@@H]1NC(=O)[C@H](Cc2ccccc2)NC(=O)[C@@H]2CCCN2[C@H](C(=O)NC(C)(C)C)[C@H](C)NC(=O)[C@H]([C@@H](C)O)NC(=O)[C@H](CC(=O)O)NC1=O. The van der Waals surface area contributed by atoms with Crippen molar-refractivity contribution >= 4 is 41.4 Å². The van der Waals surface area contributed by atoms with Gasteiger partial charge in [-0.25, -0.2) is 0 Å². The van der Waals surface area contributed by atoms with Crippen LogP contribution < -0.4 is 31.9 Å². The third-order valence-electron chi connectivity index (χ3n) is 8.89. The van der Waals surface area contributed by atoms with Crippen LogP contribution >= 0.6 is 0 Å². The molecule has 16 nitrogen and oxygen atoms in total. The number of carboxylic acid groups (broad SMARTS) is 1. The monoisotopic (exact) mass is 729 g/mol. The maximum atomic E-state index is 14.1. The summed E-state index contributed by atoms with van der Waals surface area (Å²) in [6.45, 7) is 12.1. The molecule has 6 amide bonds. The predicted molar refractivity (Wildman–Crippen MR) is 190 cm³/mol. The minimum Gasteiger partial charge on any atom is -0.481 e. The molecule has 0 saturated carbocycles. The van der Waals surface area contributed by atoms with Crippen LogP contribution in [0.4, 0.5) is 0 Å². The molecule has 16 heteroatoms. The smallest absolute Gasteiger partial charge is 0.305 e. The van der Waals surface area contributed by atoms with Crippen LogP contribution in [0.5, 0.6) is 0 Å². The van der Waals surface area contributed by atoms with Gasteiger partial charge in [0.15, 0.2) is 0 Å². The summed E-state index contributed by atoms with van der Waals surface area (Å²) < 4.78 is 0. The van der Waals surface area contributed by atoms with E-state index in [1.54, 1.807) is 62.9 Å². The highest BCUT2D eigenvalue weighted by Gasteiger charge is 2.44. The van der Waals surface area contributed by atoms with Gasteiger partial charge in [-0.3, -0.25) is 38.5 Å². The van der Waals surface area contributed by atoms with E-state index in [0.717, 1.165) is 5.56 Å². The molecule has 0 spiro atoms. The van der Waals surface area contributed by atoms with Crippen LogP contribution in [-0.4, -0.2) is 117 Å². The van der Waals surface area contributed by atoms with E-state index >= 15 is 0 Å². The number of rotatable bonds is 8. The highest BCUT2D eigenvalue weighted by Crippen LogP contribution is 2.24. The van der Waals surface area contributed by atoms with E-state index in [-0.39, 0.29) is 18.8 Å². The van der Waals surface area contributed by atoms with E-state index in [2.05, 4.69) is 31.9 Å². The van der Waals surface area contributed by atoms with Crippen molar-refractivity contribution in [1.82, 2.24) is 36.8 Å². The van der Waals surface area contributed by atoms with Gasteiger partial charge in [0.2, 0.25) is 35.4 Å². The fourth-order valence-electron chi connectivity index (χ4n) is 6.52. The second-order valence-corrected chi connectivity index (χ2v) is 15.2. The molecule has 1 aromatic carbocycles. The first-order valence-corrected chi connectivity index (χ1v) is 17.8. The van der Waals surface area contributed by atoms with Gasteiger partial charge in [-0.05, 0) is 71.9 Å². The molecule has 2 fully saturated rings. The Morgan fingerprint density at radius 2 is 1.42 bits per heavy atom. The Bertz CT molecular complexity index is 1460. The molecule has 2 aliphatic rings. The van der Waals surface area contributed by atoms with Crippen molar-refractivity contribution in [2.45, 2.75) is 135 Å². The number of carboxylic acids is 1. The Hall–Kier alpha value is -4.57. The molecule has 52 heavy (non-hydrogen) atoms. The van der Waals surface area contributed by atoms with Crippen molar-refractivity contribution in [1.29, 1.82) is 0 Å². The molecule has 2 saturated heterocycles. The van der Waals surface area contributed by atoms with Gasteiger partial charge in [0, 0.05) is 12.0 Å². The first kappa shape index (κ1) is 41.8. The van der Waals surface area contributed by atoms with E-state index in [1.165, 1.54) is 6.92 Å². The molecule has 8 atom stereocenters. The summed E-state index contributed by atoms with van der Waals surface area (Å²) in [4.78, 5) is 96.4. The van der Waals surface area contributed by atoms with E-state index in [0.29, 0.717) is 19.4 Å². The first-order chi connectivity index (χ1) is 24.3. The number of nitrogens with zero attached hydrogens (tertiary/aromatic N) is 1. The molecular weight excluding hydrogens is 674 g/mol. The van der Waals surface area contributed by atoms with Gasteiger partial charge in [0.1, 0.15) is 30.2 Å². The number of carbonyl (C=O) groups excluding carboxylic acids is 6. The lowest BCUT2D eigenvalue weighted by Crippen LogP contribution is -2.66. The van der Waals surface area contributed by atoms with Gasteiger partial charge in [0.25, 0.3) is 0 Å². The van der Waals surface area contributed by atoms with Crippen LogP contribution in [0.3, 0.4) is 0 Å². The van der Waals surface area contributed by atoms with E-state index in [1.807, 2.05) is 13.8 Å². The highest BCUT2D eigenvalue weighted by atomic mass is 16.4. The summed E-state index contributed by atoms with van der Waals surface area (Å²) in [7, 11) is 0.